The Morgan fingerprint density at radius 3 is 2.56 bits per heavy atom. The van der Waals surface area contributed by atoms with Crippen LogP contribution in [0.4, 0.5) is 0 Å². The first kappa shape index (κ1) is 13.7. The van der Waals surface area contributed by atoms with Crippen molar-refractivity contribution in [2.45, 2.75) is 23.4 Å². The van der Waals surface area contributed by atoms with Crippen LogP contribution in [0.15, 0.2) is 33.1 Å². The van der Waals surface area contributed by atoms with E-state index in [9.17, 15) is 4.79 Å². The monoisotopic (exact) mass is 342 g/mol. The molecule has 0 aliphatic carbocycles. The third-order valence-electron chi connectivity index (χ3n) is 2.28. The van der Waals surface area contributed by atoms with Gasteiger partial charge in [0.1, 0.15) is 5.01 Å². The van der Waals surface area contributed by atoms with Crippen molar-refractivity contribution in [1.82, 2.24) is 10.2 Å². The molecule has 0 bridgehead atoms. The quantitative estimate of drug-likeness (QED) is 0.622. The number of hydrogen-bond donors (Lipinski definition) is 0. The largest absolute Gasteiger partial charge is 0.293 e. The lowest BCUT2D eigenvalue weighted by Crippen LogP contribution is -2.13. The molecular weight excluding hydrogens is 332 g/mol. The van der Waals surface area contributed by atoms with Gasteiger partial charge in [0.05, 0.1) is 5.25 Å². The molecule has 2 aromatic rings. The molecule has 0 aliphatic heterocycles. The van der Waals surface area contributed by atoms with E-state index in [1.165, 1.54) is 23.1 Å². The molecule has 0 aliphatic rings. The van der Waals surface area contributed by atoms with Crippen molar-refractivity contribution in [3.05, 3.63) is 39.3 Å². The average Bonchev–Trinajstić information content (AvgIpc) is 2.75. The van der Waals surface area contributed by atoms with Crippen LogP contribution in [0.5, 0.6) is 0 Å². The van der Waals surface area contributed by atoms with Crippen LogP contribution in [-0.4, -0.2) is 21.2 Å². The summed E-state index contributed by atoms with van der Waals surface area (Å²) in [5.74, 6) is 0.111. The summed E-state index contributed by atoms with van der Waals surface area (Å²) in [7, 11) is 0. The van der Waals surface area contributed by atoms with Gasteiger partial charge in [0.15, 0.2) is 10.1 Å². The molecule has 0 N–H and O–H groups in total. The number of carbonyl (C=O) groups excluding carboxylic acids is 1. The molecule has 0 saturated carbocycles. The molecule has 1 heterocycles. The summed E-state index contributed by atoms with van der Waals surface area (Å²) in [6, 6.07) is 7.41. The van der Waals surface area contributed by atoms with E-state index in [0.717, 1.165) is 19.4 Å². The second-order valence-electron chi connectivity index (χ2n) is 3.72. The maximum absolute atomic E-state index is 12.2. The number of aromatic nitrogens is 2. The van der Waals surface area contributed by atoms with Crippen LogP contribution in [0.3, 0.4) is 0 Å². The van der Waals surface area contributed by atoms with E-state index in [1.807, 2.05) is 38.1 Å². The molecule has 18 heavy (non-hydrogen) atoms. The second kappa shape index (κ2) is 5.95. The van der Waals surface area contributed by atoms with Gasteiger partial charge >= 0.3 is 0 Å². The second-order valence-corrected chi connectivity index (χ2v) is 7.40. The topological polar surface area (TPSA) is 42.9 Å². The summed E-state index contributed by atoms with van der Waals surface area (Å²) in [5, 5.41) is 8.72. The Morgan fingerprint density at radius 1 is 1.33 bits per heavy atom. The van der Waals surface area contributed by atoms with Crippen LogP contribution in [0, 0.1) is 6.92 Å². The summed E-state index contributed by atoms with van der Waals surface area (Å²) >= 11 is 6.32. The highest BCUT2D eigenvalue weighted by atomic mass is 79.9. The zero-order valence-corrected chi connectivity index (χ0v) is 13.1. The molecule has 0 amide bonds. The molecule has 0 radical (unpaired) electrons. The number of rotatable bonds is 4. The Morgan fingerprint density at radius 2 is 2.00 bits per heavy atom. The van der Waals surface area contributed by atoms with Crippen molar-refractivity contribution in [2.75, 3.05) is 0 Å². The Bertz CT molecular complexity index is 553. The highest BCUT2D eigenvalue weighted by molar-refractivity contribution is 9.10. The summed E-state index contributed by atoms with van der Waals surface area (Å²) in [6.07, 6.45) is 0. The highest BCUT2D eigenvalue weighted by Crippen LogP contribution is 2.28. The maximum atomic E-state index is 12.2. The number of ketones is 1. The lowest BCUT2D eigenvalue weighted by atomic mass is 10.1. The number of benzene rings is 1. The SMILES string of the molecule is Cc1nnc(SC(C)C(=O)c2ccc(Br)cc2)s1. The van der Waals surface area contributed by atoms with Crippen LogP contribution in [0.25, 0.3) is 0 Å². The number of thioether (sulfide) groups is 1. The third kappa shape index (κ3) is 3.40. The lowest BCUT2D eigenvalue weighted by Gasteiger charge is -2.07. The van der Waals surface area contributed by atoms with E-state index in [4.69, 9.17) is 0 Å². The van der Waals surface area contributed by atoms with E-state index < -0.39 is 0 Å². The normalized spacial score (nSPS) is 12.4. The van der Waals surface area contributed by atoms with Gasteiger partial charge in [-0.25, -0.2) is 0 Å². The first-order chi connectivity index (χ1) is 8.56. The van der Waals surface area contributed by atoms with Gasteiger partial charge in [0.25, 0.3) is 0 Å². The fourth-order valence-electron chi connectivity index (χ4n) is 1.38. The van der Waals surface area contributed by atoms with Crippen molar-refractivity contribution >= 4 is 44.8 Å². The predicted molar refractivity (Wildman–Crippen MR) is 78.4 cm³/mol. The van der Waals surface area contributed by atoms with Crippen LogP contribution in [0.1, 0.15) is 22.3 Å². The molecule has 1 atom stereocenters. The van der Waals surface area contributed by atoms with E-state index >= 15 is 0 Å². The number of hydrogen-bond acceptors (Lipinski definition) is 5. The van der Waals surface area contributed by atoms with Crippen LogP contribution >= 0.6 is 39.0 Å². The molecule has 0 spiro atoms. The number of nitrogens with zero attached hydrogens (tertiary/aromatic N) is 2. The van der Waals surface area contributed by atoms with Gasteiger partial charge in [0.2, 0.25) is 0 Å². The van der Waals surface area contributed by atoms with Gasteiger partial charge in [-0.05, 0) is 26.0 Å². The van der Waals surface area contributed by atoms with Crippen molar-refractivity contribution < 1.29 is 4.79 Å². The van der Waals surface area contributed by atoms with Crippen molar-refractivity contribution in [3.63, 3.8) is 0 Å². The third-order valence-corrected chi connectivity index (χ3v) is 4.83. The summed E-state index contributed by atoms with van der Waals surface area (Å²) in [4.78, 5) is 12.2. The minimum Gasteiger partial charge on any atom is -0.293 e. The van der Waals surface area contributed by atoms with Crippen LogP contribution in [-0.2, 0) is 0 Å². The van der Waals surface area contributed by atoms with Gasteiger partial charge in [0, 0.05) is 10.0 Å². The van der Waals surface area contributed by atoms with E-state index in [-0.39, 0.29) is 11.0 Å². The molecule has 0 fully saturated rings. The van der Waals surface area contributed by atoms with Crippen molar-refractivity contribution in [2.24, 2.45) is 0 Å². The number of carbonyl (C=O) groups is 1. The summed E-state index contributed by atoms with van der Waals surface area (Å²) < 4.78 is 1.81. The predicted octanol–water partition coefficient (Wildman–Crippen LogP) is 3.97. The van der Waals surface area contributed by atoms with Crippen LogP contribution in [0.2, 0.25) is 0 Å². The van der Waals surface area contributed by atoms with Crippen molar-refractivity contribution in [3.8, 4) is 0 Å². The number of halogens is 1. The molecule has 2 rings (SSSR count). The zero-order chi connectivity index (χ0) is 13.1. The van der Waals surface area contributed by atoms with E-state index in [2.05, 4.69) is 26.1 Å². The minimum absolute atomic E-state index is 0.111. The Kier molecular flexibility index (Phi) is 4.53. The molecule has 1 aromatic heterocycles. The lowest BCUT2D eigenvalue weighted by molar-refractivity contribution is 0.0994. The van der Waals surface area contributed by atoms with Gasteiger partial charge < -0.3 is 0 Å². The van der Waals surface area contributed by atoms with Crippen molar-refractivity contribution in [1.29, 1.82) is 0 Å². The zero-order valence-electron chi connectivity index (χ0n) is 9.88. The molecule has 0 saturated heterocycles. The molecule has 6 heteroatoms. The molecule has 3 nitrogen and oxygen atoms in total. The van der Waals surface area contributed by atoms with Crippen LogP contribution < -0.4 is 0 Å². The number of aryl methyl sites for hydroxylation is 1. The molecule has 1 unspecified atom stereocenters. The Labute approximate surface area is 122 Å². The molecule has 94 valence electrons. The standard InChI is InChI=1S/C12H11BrN2OS2/c1-7(17-12-15-14-8(2)18-12)11(16)9-3-5-10(13)6-4-9/h3-7H,1-2H3. The van der Waals surface area contributed by atoms with Gasteiger partial charge in [-0.2, -0.15) is 0 Å². The van der Waals surface area contributed by atoms with Gasteiger partial charge in [-0.3, -0.25) is 4.79 Å². The maximum Gasteiger partial charge on any atom is 0.175 e. The summed E-state index contributed by atoms with van der Waals surface area (Å²) in [5.41, 5.74) is 0.722. The smallest absolute Gasteiger partial charge is 0.175 e. The Balaban J connectivity index is 2.07. The summed E-state index contributed by atoms with van der Waals surface area (Å²) in [6.45, 7) is 3.80. The fraction of sp³-hybridized carbons (Fsp3) is 0.250. The van der Waals surface area contributed by atoms with Gasteiger partial charge in [-0.15, -0.1) is 10.2 Å². The van der Waals surface area contributed by atoms with Gasteiger partial charge in [-0.1, -0.05) is 51.2 Å². The Hall–Kier alpha value is -0.720. The first-order valence-corrected chi connectivity index (χ1v) is 7.81. The highest BCUT2D eigenvalue weighted by Gasteiger charge is 2.18. The fourth-order valence-corrected chi connectivity index (χ4v) is 3.68. The average molecular weight is 343 g/mol. The first-order valence-electron chi connectivity index (χ1n) is 5.33. The molecule has 1 aromatic carbocycles. The van der Waals surface area contributed by atoms with E-state index in [0.29, 0.717) is 0 Å². The number of Topliss-reactive ketones (excluding diaryl/α,β-unsaturated/α-hetero) is 1. The van der Waals surface area contributed by atoms with E-state index in [1.54, 1.807) is 0 Å². The minimum atomic E-state index is -0.154. The molecular formula is C12H11BrN2OS2.